The Kier molecular flexibility index (Phi) is 7.69. The summed E-state index contributed by atoms with van der Waals surface area (Å²) < 4.78 is 5.62. The Bertz CT molecular complexity index is 1030. The maximum absolute atomic E-state index is 12.7. The van der Waals surface area contributed by atoms with Crippen LogP contribution in [0.5, 0.6) is 5.75 Å². The second-order valence-corrected chi connectivity index (χ2v) is 8.28. The molecule has 1 N–H and O–H groups in total. The second kappa shape index (κ2) is 11.3. The van der Waals surface area contributed by atoms with Gasteiger partial charge in [-0.2, -0.15) is 0 Å². The van der Waals surface area contributed by atoms with Crippen LogP contribution in [-0.4, -0.2) is 41.4 Å². The normalized spacial score (nSPS) is 14.0. The number of pyridine rings is 1. The van der Waals surface area contributed by atoms with E-state index in [2.05, 4.69) is 10.3 Å². The number of likely N-dealkylation sites (tertiary alicyclic amines) is 1. The van der Waals surface area contributed by atoms with Gasteiger partial charge in [-0.1, -0.05) is 30.3 Å². The molecule has 4 rings (SSSR count). The van der Waals surface area contributed by atoms with E-state index < -0.39 is 0 Å². The molecule has 1 aromatic heterocycles. The molecule has 170 valence electrons. The molecule has 0 bridgehead atoms. The van der Waals surface area contributed by atoms with Gasteiger partial charge in [-0.25, -0.2) is 0 Å². The summed E-state index contributed by atoms with van der Waals surface area (Å²) in [4.78, 5) is 31.0. The molecule has 6 nitrogen and oxygen atoms in total. The Morgan fingerprint density at radius 3 is 2.27 bits per heavy atom. The number of amides is 2. The van der Waals surface area contributed by atoms with Crippen LogP contribution in [0, 0.1) is 5.92 Å². The lowest BCUT2D eigenvalue weighted by Crippen LogP contribution is -2.41. The van der Waals surface area contributed by atoms with Crippen molar-refractivity contribution in [2.75, 3.05) is 25.0 Å². The van der Waals surface area contributed by atoms with Crippen LogP contribution in [0.25, 0.3) is 0 Å². The summed E-state index contributed by atoms with van der Waals surface area (Å²) in [6, 6.07) is 21.5. The van der Waals surface area contributed by atoms with Crippen molar-refractivity contribution < 1.29 is 14.3 Å². The van der Waals surface area contributed by atoms with Crippen LogP contribution in [0.2, 0.25) is 0 Å². The first kappa shape index (κ1) is 22.5. The van der Waals surface area contributed by atoms with Crippen molar-refractivity contribution in [3.8, 4) is 5.75 Å². The van der Waals surface area contributed by atoms with Gasteiger partial charge in [0.2, 0.25) is 11.8 Å². The SMILES string of the molecule is O=C(Nc1ccc(Cc2ccncc2)cc1)C1CCN(C(=O)CCOc2ccccc2)CC1. The van der Waals surface area contributed by atoms with Crippen molar-refractivity contribution in [3.05, 3.63) is 90.3 Å². The van der Waals surface area contributed by atoms with Gasteiger partial charge in [-0.15, -0.1) is 0 Å². The van der Waals surface area contributed by atoms with E-state index >= 15 is 0 Å². The summed E-state index contributed by atoms with van der Waals surface area (Å²) in [5.41, 5.74) is 3.19. The predicted octanol–water partition coefficient (Wildman–Crippen LogP) is 4.32. The topological polar surface area (TPSA) is 71.5 Å². The Morgan fingerprint density at radius 2 is 1.58 bits per heavy atom. The minimum Gasteiger partial charge on any atom is -0.493 e. The summed E-state index contributed by atoms with van der Waals surface area (Å²) in [6.07, 6.45) is 6.12. The van der Waals surface area contributed by atoms with Crippen molar-refractivity contribution in [1.29, 1.82) is 0 Å². The fourth-order valence-electron chi connectivity index (χ4n) is 4.01. The van der Waals surface area contributed by atoms with E-state index in [4.69, 9.17) is 4.74 Å². The molecule has 1 aliphatic heterocycles. The standard InChI is InChI=1S/C27H29N3O3/c31-26(14-19-33-25-4-2-1-3-5-25)30-17-12-23(13-18-30)27(32)29-24-8-6-21(7-9-24)20-22-10-15-28-16-11-22/h1-11,15-16,23H,12-14,17-20H2,(H,29,32). The molecule has 2 amide bonds. The number of anilines is 1. The van der Waals surface area contributed by atoms with Crippen LogP contribution in [0.15, 0.2) is 79.1 Å². The molecule has 3 aromatic rings. The maximum Gasteiger partial charge on any atom is 0.227 e. The van der Waals surface area contributed by atoms with Crippen molar-refractivity contribution in [2.45, 2.75) is 25.7 Å². The number of nitrogens with one attached hydrogen (secondary N) is 1. The number of hydrogen-bond acceptors (Lipinski definition) is 4. The predicted molar refractivity (Wildman–Crippen MR) is 128 cm³/mol. The lowest BCUT2D eigenvalue weighted by molar-refractivity contribution is -0.135. The largest absolute Gasteiger partial charge is 0.493 e. The third-order valence-corrected chi connectivity index (χ3v) is 5.93. The van der Waals surface area contributed by atoms with Crippen molar-refractivity contribution in [2.24, 2.45) is 5.92 Å². The summed E-state index contributed by atoms with van der Waals surface area (Å²) in [7, 11) is 0. The van der Waals surface area contributed by atoms with Gasteiger partial charge < -0.3 is 15.0 Å². The molecule has 33 heavy (non-hydrogen) atoms. The van der Waals surface area contributed by atoms with Gasteiger partial charge in [-0.3, -0.25) is 14.6 Å². The van der Waals surface area contributed by atoms with Crippen molar-refractivity contribution >= 4 is 17.5 Å². The molecule has 6 heteroatoms. The molecule has 0 saturated carbocycles. The molecule has 0 spiro atoms. The van der Waals surface area contributed by atoms with Crippen LogP contribution in [-0.2, 0) is 16.0 Å². The first-order valence-corrected chi connectivity index (χ1v) is 11.4. The van der Waals surface area contributed by atoms with E-state index in [0.29, 0.717) is 39.0 Å². The van der Waals surface area contributed by atoms with Gasteiger partial charge in [0, 0.05) is 37.1 Å². The highest BCUT2D eigenvalue weighted by Crippen LogP contribution is 2.21. The maximum atomic E-state index is 12.7. The summed E-state index contributed by atoms with van der Waals surface area (Å²) >= 11 is 0. The molecule has 1 aliphatic rings. The number of benzene rings is 2. The smallest absolute Gasteiger partial charge is 0.227 e. The molecule has 0 radical (unpaired) electrons. The van der Waals surface area contributed by atoms with Gasteiger partial charge in [0.25, 0.3) is 0 Å². The molecule has 2 heterocycles. The average Bonchev–Trinajstić information content (AvgIpc) is 2.86. The van der Waals surface area contributed by atoms with E-state index in [-0.39, 0.29) is 17.7 Å². The highest BCUT2D eigenvalue weighted by atomic mass is 16.5. The second-order valence-electron chi connectivity index (χ2n) is 8.28. The Balaban J connectivity index is 1.18. The zero-order chi connectivity index (χ0) is 22.9. The summed E-state index contributed by atoms with van der Waals surface area (Å²) in [5, 5.41) is 3.03. The van der Waals surface area contributed by atoms with Crippen LogP contribution < -0.4 is 10.1 Å². The zero-order valence-electron chi connectivity index (χ0n) is 18.7. The quantitative estimate of drug-likeness (QED) is 0.563. The molecule has 2 aromatic carbocycles. The number of piperidine rings is 1. The fraction of sp³-hybridized carbons (Fsp3) is 0.296. The number of carbonyl (C=O) groups excluding carboxylic acids is 2. The number of nitrogens with zero attached hydrogens (tertiary/aromatic N) is 2. The molecule has 0 unspecified atom stereocenters. The monoisotopic (exact) mass is 443 g/mol. The van der Waals surface area contributed by atoms with E-state index in [9.17, 15) is 9.59 Å². The first-order valence-electron chi connectivity index (χ1n) is 11.4. The summed E-state index contributed by atoms with van der Waals surface area (Å²) in [5.74, 6) is 0.795. The molecule has 1 fully saturated rings. The lowest BCUT2D eigenvalue weighted by Gasteiger charge is -2.31. The van der Waals surface area contributed by atoms with Gasteiger partial charge in [0.05, 0.1) is 13.0 Å². The zero-order valence-corrected chi connectivity index (χ0v) is 18.7. The Hall–Kier alpha value is -3.67. The van der Waals surface area contributed by atoms with Crippen LogP contribution in [0.4, 0.5) is 5.69 Å². The van der Waals surface area contributed by atoms with Crippen LogP contribution >= 0.6 is 0 Å². The van der Waals surface area contributed by atoms with Gasteiger partial charge in [-0.05, 0) is 66.8 Å². The molecular weight excluding hydrogens is 414 g/mol. The van der Waals surface area contributed by atoms with Crippen molar-refractivity contribution in [3.63, 3.8) is 0 Å². The lowest BCUT2D eigenvalue weighted by atomic mass is 9.95. The third kappa shape index (κ3) is 6.65. The van der Waals surface area contributed by atoms with Gasteiger partial charge in [0.1, 0.15) is 5.75 Å². The molecule has 0 aliphatic carbocycles. The Morgan fingerprint density at radius 1 is 0.909 bits per heavy atom. The van der Waals surface area contributed by atoms with Crippen molar-refractivity contribution in [1.82, 2.24) is 9.88 Å². The highest BCUT2D eigenvalue weighted by molar-refractivity contribution is 5.92. The number of aromatic nitrogens is 1. The fourth-order valence-corrected chi connectivity index (χ4v) is 4.01. The first-order chi connectivity index (χ1) is 16.2. The highest BCUT2D eigenvalue weighted by Gasteiger charge is 2.27. The average molecular weight is 444 g/mol. The molecule has 1 saturated heterocycles. The number of hydrogen-bond donors (Lipinski definition) is 1. The number of carbonyl (C=O) groups is 2. The third-order valence-electron chi connectivity index (χ3n) is 5.93. The number of rotatable bonds is 8. The number of para-hydroxylation sites is 1. The van der Waals surface area contributed by atoms with E-state index in [0.717, 1.165) is 17.9 Å². The van der Waals surface area contributed by atoms with Crippen LogP contribution in [0.3, 0.4) is 0 Å². The van der Waals surface area contributed by atoms with Gasteiger partial charge in [0.15, 0.2) is 0 Å². The van der Waals surface area contributed by atoms with E-state index in [1.807, 2.05) is 71.6 Å². The minimum absolute atomic E-state index is 0.0244. The van der Waals surface area contributed by atoms with Crippen LogP contribution in [0.1, 0.15) is 30.4 Å². The Labute approximate surface area is 194 Å². The van der Waals surface area contributed by atoms with E-state index in [1.165, 1.54) is 11.1 Å². The van der Waals surface area contributed by atoms with Gasteiger partial charge >= 0.3 is 0 Å². The molecule has 0 atom stereocenters. The number of ether oxygens (including phenoxy) is 1. The minimum atomic E-state index is -0.0777. The van der Waals surface area contributed by atoms with E-state index in [1.54, 1.807) is 12.4 Å². The summed E-state index contributed by atoms with van der Waals surface area (Å²) in [6.45, 7) is 1.57. The molecular formula is C27H29N3O3.